The number of nitrogens with one attached hydrogen (secondary N) is 2. The highest BCUT2D eigenvalue weighted by Gasteiger charge is 2.51. The van der Waals surface area contributed by atoms with Crippen LogP contribution in [0.25, 0.3) is 0 Å². The molecule has 3 N–H and O–H groups in total. The van der Waals surface area contributed by atoms with E-state index in [0.29, 0.717) is 22.7 Å². The number of hydrogen-bond donors (Lipinski definition) is 3. The molecule has 4 atom stereocenters. The van der Waals surface area contributed by atoms with Crippen molar-refractivity contribution >= 4 is 34.1 Å². The quantitative estimate of drug-likeness (QED) is 0.595. The largest absolute Gasteiger partial charge is 0.481 e. The third-order valence-corrected chi connectivity index (χ3v) is 7.89. The predicted molar refractivity (Wildman–Crippen MR) is 115 cm³/mol. The summed E-state index contributed by atoms with van der Waals surface area (Å²) in [5, 5.41) is 16.0. The summed E-state index contributed by atoms with van der Waals surface area (Å²) in [4.78, 5) is 39.2. The van der Waals surface area contributed by atoms with E-state index in [2.05, 4.69) is 10.6 Å². The van der Waals surface area contributed by atoms with E-state index < -0.39 is 17.8 Å². The maximum Gasteiger partial charge on any atom is 0.307 e. The number of thiophene rings is 1. The summed E-state index contributed by atoms with van der Waals surface area (Å²) < 4.78 is 5.29. The second kappa shape index (κ2) is 8.00. The first-order valence-electron chi connectivity index (χ1n) is 10.7. The number of hydrogen-bond acceptors (Lipinski definition) is 5. The number of rotatable bonds is 6. The Balaban J connectivity index is 1.40. The Morgan fingerprint density at radius 1 is 1.13 bits per heavy atom. The van der Waals surface area contributed by atoms with E-state index in [1.165, 1.54) is 11.3 Å². The molecule has 0 unspecified atom stereocenters. The van der Waals surface area contributed by atoms with Crippen molar-refractivity contribution < 1.29 is 23.9 Å². The molecule has 2 aromatic heterocycles. The number of anilines is 1. The van der Waals surface area contributed by atoms with E-state index in [0.717, 1.165) is 36.1 Å². The molecule has 2 heterocycles. The maximum atomic E-state index is 13.2. The van der Waals surface area contributed by atoms with E-state index >= 15 is 0 Å². The number of aryl methyl sites for hydroxylation is 1. The number of amides is 2. The standard InChI is InChI=1S/C23H24N2O5S/c26-20(24-11-14-4-3-9-30-14)19-15-5-1-2-6-16(15)31-22(19)25-21(27)17-12-7-8-13(10-12)18(17)23(28)29/h3-4,7-9,12-13,17-18H,1-2,5-6,10-11H2,(H,24,26)(H,25,27)(H,28,29)/t12-,13+,17-,18+/m0/s1. The minimum atomic E-state index is -0.932. The smallest absolute Gasteiger partial charge is 0.307 e. The Bertz CT molecular complexity index is 1050. The Morgan fingerprint density at radius 3 is 2.65 bits per heavy atom. The molecule has 0 aromatic carbocycles. The van der Waals surface area contributed by atoms with Gasteiger partial charge in [-0.3, -0.25) is 14.4 Å². The number of furan rings is 1. The van der Waals surface area contributed by atoms with Gasteiger partial charge in [0.25, 0.3) is 5.91 Å². The molecule has 1 saturated carbocycles. The lowest BCUT2D eigenvalue weighted by molar-refractivity contribution is -0.146. The molecule has 3 aliphatic rings. The molecule has 2 amide bonds. The zero-order valence-corrected chi connectivity index (χ0v) is 17.7. The van der Waals surface area contributed by atoms with Gasteiger partial charge in [-0.1, -0.05) is 12.2 Å². The number of allylic oxidation sites excluding steroid dienone is 2. The van der Waals surface area contributed by atoms with Crippen molar-refractivity contribution in [1.82, 2.24) is 5.32 Å². The molecule has 0 radical (unpaired) electrons. The number of carbonyl (C=O) groups excluding carboxylic acids is 2. The normalized spacial score (nSPS) is 25.9. The molecule has 3 aliphatic carbocycles. The molecule has 0 spiro atoms. The van der Waals surface area contributed by atoms with Crippen LogP contribution in [0.4, 0.5) is 5.00 Å². The lowest BCUT2D eigenvalue weighted by atomic mass is 9.82. The minimum absolute atomic E-state index is 0.0584. The predicted octanol–water partition coefficient (Wildman–Crippen LogP) is 3.61. The molecule has 0 saturated heterocycles. The molecular formula is C23H24N2O5S. The zero-order chi connectivity index (χ0) is 21.5. The van der Waals surface area contributed by atoms with Gasteiger partial charge in [0.05, 0.1) is 30.2 Å². The van der Waals surface area contributed by atoms with Gasteiger partial charge in [0.2, 0.25) is 5.91 Å². The zero-order valence-electron chi connectivity index (χ0n) is 16.9. The molecule has 162 valence electrons. The molecule has 5 rings (SSSR count). The number of carboxylic acids is 1. The van der Waals surface area contributed by atoms with Crippen molar-refractivity contribution in [3.8, 4) is 0 Å². The van der Waals surface area contributed by atoms with Crippen molar-refractivity contribution in [3.63, 3.8) is 0 Å². The molecule has 2 aromatic rings. The molecule has 8 heteroatoms. The number of aliphatic carboxylic acids is 1. The highest BCUT2D eigenvalue weighted by atomic mass is 32.1. The van der Waals surface area contributed by atoms with Crippen LogP contribution in [0.3, 0.4) is 0 Å². The first-order chi connectivity index (χ1) is 15.0. The van der Waals surface area contributed by atoms with E-state index in [4.69, 9.17) is 4.42 Å². The van der Waals surface area contributed by atoms with Crippen LogP contribution in [0.1, 0.15) is 45.8 Å². The third kappa shape index (κ3) is 3.59. The molecule has 1 fully saturated rings. The SMILES string of the molecule is O=C(NCc1ccco1)c1c(NC(=O)[C@@H]2[C@H](C(=O)O)[C@@H]3C=C[C@H]2C3)sc2c1CCCC2. The van der Waals surface area contributed by atoms with E-state index in [1.807, 2.05) is 12.2 Å². The Hall–Kier alpha value is -2.87. The van der Waals surface area contributed by atoms with Gasteiger partial charge in [0.1, 0.15) is 10.8 Å². The van der Waals surface area contributed by atoms with Crippen molar-refractivity contribution in [2.45, 2.75) is 38.6 Å². The summed E-state index contributed by atoms with van der Waals surface area (Å²) in [6.07, 6.45) is 9.91. The van der Waals surface area contributed by atoms with Crippen molar-refractivity contribution in [2.75, 3.05) is 5.32 Å². The first-order valence-corrected chi connectivity index (χ1v) is 11.5. The first kappa shape index (κ1) is 20.1. The highest BCUT2D eigenvalue weighted by molar-refractivity contribution is 7.17. The average Bonchev–Trinajstić information content (AvgIpc) is 3.54. The van der Waals surface area contributed by atoms with Crippen LogP contribution in [0.5, 0.6) is 0 Å². The number of fused-ring (bicyclic) bond motifs is 3. The Morgan fingerprint density at radius 2 is 1.90 bits per heavy atom. The van der Waals surface area contributed by atoms with Crippen molar-refractivity contribution in [2.24, 2.45) is 23.7 Å². The minimum Gasteiger partial charge on any atom is -0.481 e. The fraction of sp³-hybridized carbons (Fsp3) is 0.435. The van der Waals surface area contributed by atoms with Gasteiger partial charge in [0, 0.05) is 4.88 Å². The lowest BCUT2D eigenvalue weighted by Gasteiger charge is -2.23. The van der Waals surface area contributed by atoms with E-state index in [9.17, 15) is 19.5 Å². The second-order valence-corrected chi connectivity index (χ2v) is 9.61. The van der Waals surface area contributed by atoms with Crippen LogP contribution < -0.4 is 10.6 Å². The highest BCUT2D eigenvalue weighted by Crippen LogP contribution is 2.49. The van der Waals surface area contributed by atoms with Gasteiger partial charge in [-0.05, 0) is 61.6 Å². The fourth-order valence-electron chi connectivity index (χ4n) is 5.27. The van der Waals surface area contributed by atoms with Crippen molar-refractivity contribution in [1.29, 1.82) is 0 Å². The van der Waals surface area contributed by atoms with E-state index in [-0.39, 0.29) is 30.2 Å². The van der Waals surface area contributed by atoms with Crippen LogP contribution in [0.2, 0.25) is 0 Å². The molecular weight excluding hydrogens is 416 g/mol. The average molecular weight is 441 g/mol. The summed E-state index contributed by atoms with van der Waals surface area (Å²) in [6.45, 7) is 0.266. The molecule has 31 heavy (non-hydrogen) atoms. The summed E-state index contributed by atoms with van der Waals surface area (Å²) in [6, 6.07) is 3.56. The number of carboxylic acid groups (broad SMARTS) is 1. The Kier molecular flexibility index (Phi) is 5.17. The third-order valence-electron chi connectivity index (χ3n) is 6.69. The second-order valence-electron chi connectivity index (χ2n) is 8.50. The lowest BCUT2D eigenvalue weighted by Crippen LogP contribution is -2.36. The summed E-state index contributed by atoms with van der Waals surface area (Å²) in [5.74, 6) is -2.29. The van der Waals surface area contributed by atoms with Gasteiger partial charge < -0.3 is 20.2 Å². The summed E-state index contributed by atoms with van der Waals surface area (Å²) in [5.41, 5.74) is 1.52. The molecule has 7 nitrogen and oxygen atoms in total. The molecule has 2 bridgehead atoms. The van der Waals surface area contributed by atoms with Gasteiger partial charge in [0.15, 0.2) is 0 Å². The van der Waals surface area contributed by atoms with Gasteiger partial charge >= 0.3 is 5.97 Å². The van der Waals surface area contributed by atoms with Gasteiger partial charge in [-0.2, -0.15) is 0 Å². The van der Waals surface area contributed by atoms with Crippen LogP contribution in [0.15, 0.2) is 35.0 Å². The van der Waals surface area contributed by atoms with Crippen molar-refractivity contribution in [3.05, 3.63) is 52.3 Å². The summed E-state index contributed by atoms with van der Waals surface area (Å²) in [7, 11) is 0. The monoisotopic (exact) mass is 440 g/mol. The van der Waals surface area contributed by atoms with Crippen LogP contribution >= 0.6 is 11.3 Å². The molecule has 0 aliphatic heterocycles. The van der Waals surface area contributed by atoms with Crippen LogP contribution in [-0.4, -0.2) is 22.9 Å². The van der Waals surface area contributed by atoms with Gasteiger partial charge in [-0.25, -0.2) is 0 Å². The maximum absolute atomic E-state index is 13.2. The number of carbonyl (C=O) groups is 3. The van der Waals surface area contributed by atoms with Crippen LogP contribution in [-0.2, 0) is 29.0 Å². The van der Waals surface area contributed by atoms with E-state index in [1.54, 1.807) is 18.4 Å². The van der Waals surface area contributed by atoms with Gasteiger partial charge in [-0.15, -0.1) is 11.3 Å². The summed E-state index contributed by atoms with van der Waals surface area (Å²) >= 11 is 1.45. The fourth-order valence-corrected chi connectivity index (χ4v) is 6.56. The topological polar surface area (TPSA) is 109 Å². The van der Waals surface area contributed by atoms with Crippen LogP contribution in [0, 0.1) is 23.7 Å². The Labute approximate surface area is 183 Å².